The number of nitrogens with one attached hydrogen (secondary N) is 2. The number of fused-ring (bicyclic) bond motifs is 1. The van der Waals surface area contributed by atoms with Crippen LogP contribution in [0, 0.1) is 13.8 Å². The summed E-state index contributed by atoms with van der Waals surface area (Å²) in [6, 6.07) is 15.7. The van der Waals surface area contributed by atoms with Gasteiger partial charge in [0.2, 0.25) is 5.91 Å². The van der Waals surface area contributed by atoms with Crippen LogP contribution in [0.25, 0.3) is 16.6 Å². The van der Waals surface area contributed by atoms with Crippen molar-refractivity contribution in [3.05, 3.63) is 81.4 Å². The number of anilines is 1. The van der Waals surface area contributed by atoms with Gasteiger partial charge in [-0.3, -0.25) is 14.3 Å². The molecule has 0 aliphatic rings. The van der Waals surface area contributed by atoms with Crippen molar-refractivity contribution in [1.29, 1.82) is 0 Å². The Hall–Kier alpha value is -3.54. The molecule has 0 bridgehead atoms. The van der Waals surface area contributed by atoms with E-state index in [0.717, 1.165) is 34.3 Å². The Bertz CT molecular complexity index is 1290. The number of aromatic nitrogens is 3. The highest BCUT2D eigenvalue weighted by Crippen LogP contribution is 2.25. The van der Waals surface area contributed by atoms with Gasteiger partial charge >= 0.3 is 0 Å². The number of rotatable bonds is 5. The van der Waals surface area contributed by atoms with E-state index < -0.39 is 0 Å². The Balaban J connectivity index is 1.65. The normalized spacial score (nSPS) is 11.2. The molecule has 1 amide bonds. The summed E-state index contributed by atoms with van der Waals surface area (Å²) in [5.41, 5.74) is 5.74. The molecule has 0 atom stereocenters. The van der Waals surface area contributed by atoms with Crippen molar-refractivity contribution >= 4 is 22.5 Å². The molecule has 0 aliphatic heterocycles. The van der Waals surface area contributed by atoms with Crippen molar-refractivity contribution in [2.75, 3.05) is 5.32 Å². The number of aromatic amines is 1. The van der Waals surface area contributed by atoms with Crippen LogP contribution in [-0.2, 0) is 24.7 Å². The molecule has 0 spiro atoms. The molecule has 2 aromatic carbocycles. The smallest absolute Gasteiger partial charge is 0.295 e. The average Bonchev–Trinajstić information content (AvgIpc) is 3.16. The van der Waals surface area contributed by atoms with E-state index in [0.29, 0.717) is 11.4 Å². The van der Waals surface area contributed by atoms with Crippen molar-refractivity contribution < 1.29 is 4.79 Å². The van der Waals surface area contributed by atoms with Gasteiger partial charge in [0, 0.05) is 23.6 Å². The molecule has 30 heavy (non-hydrogen) atoms. The molecule has 4 aromatic rings. The zero-order chi connectivity index (χ0) is 21.4. The van der Waals surface area contributed by atoms with Gasteiger partial charge in [0.15, 0.2) is 0 Å². The Labute approximate surface area is 175 Å². The van der Waals surface area contributed by atoms with E-state index in [1.165, 1.54) is 5.56 Å². The van der Waals surface area contributed by atoms with Crippen LogP contribution in [0.1, 0.15) is 29.4 Å². The number of carbonyl (C=O) groups is 1. The molecule has 0 fully saturated rings. The highest BCUT2D eigenvalue weighted by atomic mass is 16.2. The highest BCUT2D eigenvalue weighted by molar-refractivity contribution is 5.96. The van der Waals surface area contributed by atoms with Crippen LogP contribution >= 0.6 is 0 Å². The van der Waals surface area contributed by atoms with E-state index in [4.69, 9.17) is 0 Å². The van der Waals surface area contributed by atoms with Gasteiger partial charge < -0.3 is 10.3 Å². The van der Waals surface area contributed by atoms with Crippen molar-refractivity contribution in [3.63, 3.8) is 0 Å². The van der Waals surface area contributed by atoms with Gasteiger partial charge in [0.1, 0.15) is 5.69 Å². The monoisotopic (exact) mass is 402 g/mol. The lowest BCUT2D eigenvalue weighted by molar-refractivity contribution is -0.115. The molecule has 6 heteroatoms. The van der Waals surface area contributed by atoms with E-state index in [-0.39, 0.29) is 17.9 Å². The third-order valence-corrected chi connectivity index (χ3v) is 5.75. The second-order valence-corrected chi connectivity index (χ2v) is 7.62. The first-order valence-corrected chi connectivity index (χ1v) is 10.1. The molecule has 6 nitrogen and oxygen atoms in total. The first-order chi connectivity index (χ1) is 14.4. The topological polar surface area (TPSA) is 71.8 Å². The molecular formula is C24H26N4O2. The SMILES string of the molecule is CCc1ccc2[nH]c(C)c(CC(=O)Nc3c(C)n(C)n(-c4ccccc4)c3=O)c2c1. The zero-order valence-electron chi connectivity index (χ0n) is 17.7. The Morgan fingerprint density at radius 1 is 1.10 bits per heavy atom. The lowest BCUT2D eigenvalue weighted by Crippen LogP contribution is -2.23. The minimum Gasteiger partial charge on any atom is -0.358 e. The van der Waals surface area contributed by atoms with Crippen LogP contribution in [0.15, 0.2) is 53.3 Å². The van der Waals surface area contributed by atoms with E-state index in [1.807, 2.05) is 51.2 Å². The maximum Gasteiger partial charge on any atom is 0.295 e. The van der Waals surface area contributed by atoms with Gasteiger partial charge in [-0.15, -0.1) is 0 Å². The van der Waals surface area contributed by atoms with E-state index >= 15 is 0 Å². The summed E-state index contributed by atoms with van der Waals surface area (Å²) in [6.07, 6.45) is 1.14. The molecule has 4 rings (SSSR count). The van der Waals surface area contributed by atoms with Gasteiger partial charge in [-0.2, -0.15) is 0 Å². The maximum atomic E-state index is 13.0. The molecule has 0 unspecified atom stereocenters. The minimum absolute atomic E-state index is 0.202. The Morgan fingerprint density at radius 2 is 1.83 bits per heavy atom. The molecule has 0 radical (unpaired) electrons. The second-order valence-electron chi connectivity index (χ2n) is 7.62. The number of aryl methyl sites for hydroxylation is 2. The molecule has 154 valence electrons. The number of H-pyrrole nitrogens is 1. The molecule has 0 saturated carbocycles. The van der Waals surface area contributed by atoms with Gasteiger partial charge in [-0.1, -0.05) is 31.2 Å². The fraction of sp³-hybridized carbons (Fsp3) is 0.250. The van der Waals surface area contributed by atoms with Crippen molar-refractivity contribution in [3.8, 4) is 5.69 Å². The number of nitrogens with zero attached hydrogens (tertiary/aromatic N) is 2. The van der Waals surface area contributed by atoms with Crippen LogP contribution < -0.4 is 10.9 Å². The zero-order valence-corrected chi connectivity index (χ0v) is 17.7. The van der Waals surface area contributed by atoms with Crippen LogP contribution in [0.3, 0.4) is 0 Å². The van der Waals surface area contributed by atoms with Gasteiger partial charge in [-0.05, 0) is 55.7 Å². The number of carbonyl (C=O) groups excluding carboxylic acids is 1. The van der Waals surface area contributed by atoms with Crippen LogP contribution in [0.5, 0.6) is 0 Å². The standard InChI is InChI=1S/C24H26N4O2/c1-5-17-11-12-21-20(13-17)19(15(2)25-21)14-22(29)26-23-16(3)27(4)28(24(23)30)18-9-7-6-8-10-18/h6-13,25H,5,14H2,1-4H3,(H,26,29). The van der Waals surface area contributed by atoms with Gasteiger partial charge in [0.25, 0.3) is 5.56 Å². The number of benzene rings is 2. The minimum atomic E-state index is -0.238. The third-order valence-electron chi connectivity index (χ3n) is 5.75. The molecular weight excluding hydrogens is 376 g/mol. The Kier molecular flexibility index (Phi) is 5.08. The lowest BCUT2D eigenvalue weighted by Gasteiger charge is -2.07. The summed E-state index contributed by atoms with van der Waals surface area (Å²) in [7, 11) is 1.81. The predicted molar refractivity (Wildman–Crippen MR) is 120 cm³/mol. The van der Waals surface area contributed by atoms with Crippen molar-refractivity contribution in [1.82, 2.24) is 14.3 Å². The lowest BCUT2D eigenvalue weighted by atomic mass is 10.0. The van der Waals surface area contributed by atoms with E-state index in [2.05, 4.69) is 35.4 Å². The van der Waals surface area contributed by atoms with Crippen LogP contribution in [-0.4, -0.2) is 20.3 Å². The Morgan fingerprint density at radius 3 is 2.53 bits per heavy atom. The van der Waals surface area contributed by atoms with Crippen molar-refractivity contribution in [2.24, 2.45) is 7.05 Å². The summed E-state index contributed by atoms with van der Waals surface area (Å²) in [6.45, 7) is 5.92. The quantitative estimate of drug-likeness (QED) is 0.529. The van der Waals surface area contributed by atoms with Crippen LogP contribution in [0.4, 0.5) is 5.69 Å². The number of amides is 1. The maximum absolute atomic E-state index is 13.0. The predicted octanol–water partition coefficient (Wildman–Crippen LogP) is 4.02. The summed E-state index contributed by atoms with van der Waals surface area (Å²) in [4.78, 5) is 29.3. The number of para-hydroxylation sites is 1. The van der Waals surface area contributed by atoms with E-state index in [1.54, 1.807) is 9.36 Å². The summed E-state index contributed by atoms with van der Waals surface area (Å²) < 4.78 is 3.33. The number of hydrogen-bond donors (Lipinski definition) is 2. The fourth-order valence-electron chi connectivity index (χ4n) is 3.93. The summed E-state index contributed by atoms with van der Waals surface area (Å²) in [5.74, 6) is -0.202. The number of hydrogen-bond acceptors (Lipinski definition) is 2. The molecule has 2 heterocycles. The highest BCUT2D eigenvalue weighted by Gasteiger charge is 2.19. The van der Waals surface area contributed by atoms with Crippen molar-refractivity contribution in [2.45, 2.75) is 33.6 Å². The third kappa shape index (κ3) is 3.34. The molecule has 2 aromatic heterocycles. The molecule has 0 saturated heterocycles. The van der Waals surface area contributed by atoms with Gasteiger partial charge in [-0.25, -0.2) is 4.68 Å². The van der Waals surface area contributed by atoms with Crippen LogP contribution in [0.2, 0.25) is 0 Å². The van der Waals surface area contributed by atoms with E-state index in [9.17, 15) is 9.59 Å². The largest absolute Gasteiger partial charge is 0.358 e. The first-order valence-electron chi connectivity index (χ1n) is 10.1. The van der Waals surface area contributed by atoms with Gasteiger partial charge in [0.05, 0.1) is 17.8 Å². The molecule has 0 aliphatic carbocycles. The molecule has 2 N–H and O–H groups in total. The summed E-state index contributed by atoms with van der Waals surface area (Å²) >= 11 is 0. The second kappa shape index (κ2) is 7.71. The average molecular weight is 402 g/mol. The summed E-state index contributed by atoms with van der Waals surface area (Å²) in [5, 5.41) is 3.92. The first kappa shape index (κ1) is 19.8. The fourth-order valence-corrected chi connectivity index (χ4v) is 3.93.